The number of benzene rings is 3. The lowest BCUT2D eigenvalue weighted by atomic mass is 9.84. The van der Waals surface area contributed by atoms with E-state index in [1.807, 2.05) is 54.6 Å². The van der Waals surface area contributed by atoms with Gasteiger partial charge in [-0.3, -0.25) is 18.9 Å². The third kappa shape index (κ3) is 7.12. The molecule has 10 nitrogen and oxygen atoms in total. The molecule has 0 spiro atoms. The molecule has 50 heavy (non-hydrogen) atoms. The van der Waals surface area contributed by atoms with E-state index in [1.54, 1.807) is 27.0 Å². The number of aromatic nitrogens is 1. The average Bonchev–Trinajstić information content (AvgIpc) is 3.72. The first-order valence-corrected chi connectivity index (χ1v) is 18.8. The zero-order chi connectivity index (χ0) is 36.0. The Kier molecular flexibility index (Phi) is 9.53. The minimum absolute atomic E-state index is 0.106. The van der Waals surface area contributed by atoms with Crippen LogP contribution in [0.1, 0.15) is 47.1 Å². The summed E-state index contributed by atoms with van der Waals surface area (Å²) in [6.07, 6.45) is 1.92. The maximum absolute atomic E-state index is 14.5. The zero-order valence-corrected chi connectivity index (χ0v) is 29.6. The van der Waals surface area contributed by atoms with E-state index in [0.29, 0.717) is 9.83 Å². The molecule has 260 valence electrons. The summed E-state index contributed by atoms with van der Waals surface area (Å²) < 4.78 is 40.6. The summed E-state index contributed by atoms with van der Waals surface area (Å²) in [5.74, 6) is -1.54. The molecular weight excluding hydrogens is 706 g/mol. The Morgan fingerprint density at radius 3 is 2.32 bits per heavy atom. The maximum atomic E-state index is 14.5. The number of hydrogen-bond donors (Lipinski definition) is 4. The van der Waals surface area contributed by atoms with Gasteiger partial charge in [0.25, 0.3) is 5.91 Å². The molecule has 0 saturated heterocycles. The highest BCUT2D eigenvalue weighted by Gasteiger charge is 2.50. The number of carbonyl (C=O) groups excluding carboxylic acids is 3. The van der Waals surface area contributed by atoms with Gasteiger partial charge in [-0.05, 0) is 45.7 Å². The van der Waals surface area contributed by atoms with Crippen molar-refractivity contribution in [3.05, 3.63) is 107 Å². The summed E-state index contributed by atoms with van der Waals surface area (Å²) in [7, 11) is -5.79. The van der Waals surface area contributed by atoms with Crippen molar-refractivity contribution in [2.24, 2.45) is 5.41 Å². The van der Waals surface area contributed by atoms with E-state index in [1.165, 1.54) is 28.4 Å². The first-order valence-electron chi connectivity index (χ1n) is 15.5. The highest BCUT2D eigenvalue weighted by Crippen LogP contribution is 2.59. The fourth-order valence-electron chi connectivity index (χ4n) is 5.77. The van der Waals surface area contributed by atoms with Gasteiger partial charge in [0.05, 0.1) is 9.75 Å². The Balaban J connectivity index is 1.26. The van der Waals surface area contributed by atoms with Crippen LogP contribution in [0.25, 0.3) is 20.5 Å². The van der Waals surface area contributed by atoms with Crippen molar-refractivity contribution < 1.29 is 37.5 Å². The molecule has 1 aliphatic rings. The van der Waals surface area contributed by atoms with Gasteiger partial charge in [-0.15, -0.1) is 11.3 Å². The third-order valence-electron chi connectivity index (χ3n) is 8.47. The fourth-order valence-corrected chi connectivity index (χ4v) is 8.02. The molecule has 2 aromatic heterocycles. The normalized spacial score (nSPS) is 15.7. The second kappa shape index (κ2) is 13.4. The number of nitrogens with zero attached hydrogens (tertiary/aromatic N) is 2. The standard InChI is InChI=1S/C35H33F2N4O6PS2/c1-34(2,3)29(39-31(43)27-17-23-15-24(13-14-26(23)49-27)35(36,37)48(45,46)47)32(44)41-19-22-12-8-7-11-21(22)16-25(41)30(42)40-33-38-18-28(50-33)20-9-5-4-6-10-20/h4-15,17-18,25,29H,16,19H2,1-3H3,(H,39,43)(H,38,40,42)(H2,45,46,47)/t25?,29-/m1/s1. The molecular formula is C35H33F2N4O6PS2. The quantitative estimate of drug-likeness (QED) is 0.126. The van der Waals surface area contributed by atoms with E-state index in [4.69, 9.17) is 9.79 Å². The number of amides is 3. The number of hydrogen-bond acceptors (Lipinski definition) is 7. The summed E-state index contributed by atoms with van der Waals surface area (Å²) in [5.41, 5.74) is -3.36. The van der Waals surface area contributed by atoms with Crippen molar-refractivity contribution in [2.75, 3.05) is 5.32 Å². The fraction of sp³-hybridized carbons (Fsp3) is 0.257. The van der Waals surface area contributed by atoms with Crippen molar-refractivity contribution in [3.8, 4) is 10.4 Å². The number of carbonyl (C=O) groups is 3. The molecule has 3 aromatic carbocycles. The van der Waals surface area contributed by atoms with Gasteiger partial charge >= 0.3 is 13.3 Å². The SMILES string of the molecule is CC(C)(C)[C@H](NC(=O)c1cc2cc(C(F)(F)P(=O)(O)O)ccc2s1)C(=O)N1Cc2ccccc2CC1C(=O)Nc1ncc(-c2ccccc2)s1. The Bertz CT molecular complexity index is 2140. The van der Waals surface area contributed by atoms with E-state index in [2.05, 4.69) is 15.6 Å². The number of halogens is 2. The molecule has 0 bridgehead atoms. The largest absolute Gasteiger partial charge is 0.399 e. The number of thiophene rings is 1. The van der Waals surface area contributed by atoms with Gasteiger partial charge in [-0.1, -0.05) is 92.8 Å². The summed E-state index contributed by atoms with van der Waals surface area (Å²) in [5, 5.41) is 6.28. The van der Waals surface area contributed by atoms with Crippen molar-refractivity contribution in [2.45, 2.75) is 51.5 Å². The molecule has 2 atom stereocenters. The molecule has 15 heteroatoms. The van der Waals surface area contributed by atoms with Gasteiger partial charge < -0.3 is 25.3 Å². The minimum atomic E-state index is -5.79. The molecule has 4 N–H and O–H groups in total. The van der Waals surface area contributed by atoms with Crippen LogP contribution in [0.4, 0.5) is 13.9 Å². The van der Waals surface area contributed by atoms with E-state index < -0.39 is 54.0 Å². The van der Waals surface area contributed by atoms with Crippen LogP contribution in [0.5, 0.6) is 0 Å². The van der Waals surface area contributed by atoms with Crippen LogP contribution in [0.3, 0.4) is 0 Å². The highest BCUT2D eigenvalue weighted by molar-refractivity contribution is 7.52. The smallest absolute Gasteiger partial charge is 0.339 e. The molecule has 0 radical (unpaired) electrons. The number of thiazole rings is 1. The van der Waals surface area contributed by atoms with Crippen molar-refractivity contribution in [1.29, 1.82) is 0 Å². The van der Waals surface area contributed by atoms with E-state index in [-0.39, 0.29) is 23.2 Å². The molecule has 3 heterocycles. The van der Waals surface area contributed by atoms with Crippen molar-refractivity contribution in [3.63, 3.8) is 0 Å². The second-order valence-corrected chi connectivity index (χ2v) is 16.8. The first kappa shape index (κ1) is 35.5. The van der Waals surface area contributed by atoms with Gasteiger partial charge in [-0.25, -0.2) is 4.98 Å². The summed E-state index contributed by atoms with van der Waals surface area (Å²) in [4.78, 5) is 67.1. The highest BCUT2D eigenvalue weighted by atomic mass is 32.1. The Morgan fingerprint density at radius 1 is 0.960 bits per heavy atom. The van der Waals surface area contributed by atoms with Crippen LogP contribution < -0.4 is 10.6 Å². The molecule has 0 saturated carbocycles. The predicted molar refractivity (Wildman–Crippen MR) is 189 cm³/mol. The lowest BCUT2D eigenvalue weighted by molar-refractivity contribution is -0.143. The van der Waals surface area contributed by atoms with Crippen molar-refractivity contribution in [1.82, 2.24) is 15.2 Å². The van der Waals surface area contributed by atoms with Crippen molar-refractivity contribution >= 4 is 63.2 Å². The Hall–Kier alpha value is -4.33. The van der Waals surface area contributed by atoms with Crippen LogP contribution in [-0.2, 0) is 32.8 Å². The lowest BCUT2D eigenvalue weighted by Gasteiger charge is -2.40. The van der Waals surface area contributed by atoms with Gasteiger partial charge in [0.15, 0.2) is 5.13 Å². The summed E-state index contributed by atoms with van der Waals surface area (Å²) in [6.45, 7) is 5.47. The number of anilines is 1. The summed E-state index contributed by atoms with van der Waals surface area (Å²) in [6, 6.07) is 19.6. The number of fused-ring (bicyclic) bond motifs is 2. The molecule has 0 aliphatic carbocycles. The van der Waals surface area contributed by atoms with E-state index in [0.717, 1.165) is 45.0 Å². The monoisotopic (exact) mass is 738 g/mol. The minimum Gasteiger partial charge on any atom is -0.339 e. The Labute approximate surface area is 294 Å². The van der Waals surface area contributed by atoms with Crippen LogP contribution >= 0.6 is 30.3 Å². The molecule has 6 rings (SSSR count). The molecule has 3 amide bonds. The predicted octanol–water partition coefficient (Wildman–Crippen LogP) is 6.99. The lowest BCUT2D eigenvalue weighted by Crippen LogP contribution is -2.60. The van der Waals surface area contributed by atoms with Crippen LogP contribution in [-0.4, -0.2) is 49.5 Å². The second-order valence-electron chi connectivity index (χ2n) is 13.1. The Morgan fingerprint density at radius 2 is 1.64 bits per heavy atom. The van der Waals surface area contributed by atoms with Crippen LogP contribution in [0.15, 0.2) is 85.1 Å². The average molecular weight is 739 g/mol. The zero-order valence-electron chi connectivity index (χ0n) is 27.1. The molecule has 1 unspecified atom stereocenters. The number of rotatable bonds is 8. The molecule has 1 aliphatic heterocycles. The number of nitrogens with one attached hydrogen (secondary N) is 2. The van der Waals surface area contributed by atoms with E-state index in [9.17, 15) is 27.7 Å². The summed E-state index contributed by atoms with van der Waals surface area (Å²) >= 11 is 2.30. The van der Waals surface area contributed by atoms with E-state index >= 15 is 0 Å². The van der Waals surface area contributed by atoms with Gasteiger partial charge in [0.1, 0.15) is 12.1 Å². The third-order valence-corrected chi connectivity index (χ3v) is 11.5. The van der Waals surface area contributed by atoms with Crippen LogP contribution in [0, 0.1) is 5.41 Å². The molecule has 0 fully saturated rings. The maximum Gasteiger partial charge on any atom is 0.399 e. The first-order chi connectivity index (χ1) is 23.5. The topological polar surface area (TPSA) is 149 Å². The number of alkyl halides is 2. The van der Waals surface area contributed by atoms with Gasteiger partial charge in [0.2, 0.25) is 11.8 Å². The van der Waals surface area contributed by atoms with Gasteiger partial charge in [-0.2, -0.15) is 8.78 Å². The van der Waals surface area contributed by atoms with Crippen LogP contribution in [0.2, 0.25) is 0 Å². The van der Waals surface area contributed by atoms with Gasteiger partial charge in [0, 0.05) is 29.4 Å². The molecule has 5 aromatic rings.